The maximum absolute atomic E-state index is 3.73. The summed E-state index contributed by atoms with van der Waals surface area (Å²) in [5.41, 5.74) is 3.02. The van der Waals surface area contributed by atoms with Crippen molar-refractivity contribution in [3.8, 4) is 0 Å². The summed E-state index contributed by atoms with van der Waals surface area (Å²) in [4.78, 5) is 2.71. The molecule has 0 spiro atoms. The van der Waals surface area contributed by atoms with Gasteiger partial charge < -0.3 is 10.2 Å². The number of para-hydroxylation sites is 1. The molecule has 1 unspecified atom stereocenters. The van der Waals surface area contributed by atoms with Crippen LogP contribution in [0.5, 0.6) is 0 Å². The van der Waals surface area contributed by atoms with Gasteiger partial charge in [0.2, 0.25) is 0 Å². The van der Waals surface area contributed by atoms with E-state index in [1.165, 1.54) is 56.3 Å². The molecule has 116 valence electrons. The topological polar surface area (TPSA) is 15.3 Å². The van der Waals surface area contributed by atoms with Gasteiger partial charge in [-0.3, -0.25) is 0 Å². The van der Waals surface area contributed by atoms with Crippen LogP contribution in [-0.4, -0.2) is 19.1 Å². The van der Waals surface area contributed by atoms with Crippen molar-refractivity contribution in [2.45, 2.75) is 64.5 Å². The Balaban J connectivity index is 1.77. The number of rotatable bonds is 4. The van der Waals surface area contributed by atoms with Crippen LogP contribution in [0.4, 0.5) is 5.69 Å². The number of benzene rings is 1. The van der Waals surface area contributed by atoms with E-state index in [1.807, 2.05) is 0 Å². The molecule has 2 nitrogen and oxygen atoms in total. The van der Waals surface area contributed by atoms with Gasteiger partial charge in [0.1, 0.15) is 0 Å². The van der Waals surface area contributed by atoms with Crippen molar-refractivity contribution in [1.29, 1.82) is 0 Å². The van der Waals surface area contributed by atoms with Crippen molar-refractivity contribution in [3.05, 3.63) is 29.8 Å². The van der Waals surface area contributed by atoms with E-state index in [-0.39, 0.29) is 0 Å². The van der Waals surface area contributed by atoms with Crippen LogP contribution in [-0.2, 0) is 0 Å². The average molecular weight is 286 g/mol. The van der Waals surface area contributed by atoms with Gasteiger partial charge in [0, 0.05) is 24.3 Å². The summed E-state index contributed by atoms with van der Waals surface area (Å²) < 4.78 is 0. The number of nitrogens with zero attached hydrogens (tertiary/aromatic N) is 1. The van der Waals surface area contributed by atoms with Crippen LogP contribution < -0.4 is 10.2 Å². The molecule has 0 radical (unpaired) electrons. The average Bonchev–Trinajstić information content (AvgIpc) is 2.53. The number of fused-ring (bicyclic) bond motifs is 1. The molecule has 21 heavy (non-hydrogen) atoms. The van der Waals surface area contributed by atoms with Crippen molar-refractivity contribution in [2.24, 2.45) is 5.92 Å². The van der Waals surface area contributed by atoms with Crippen molar-refractivity contribution >= 4 is 5.69 Å². The zero-order valence-electron chi connectivity index (χ0n) is 13.6. The summed E-state index contributed by atoms with van der Waals surface area (Å²) in [7, 11) is 0. The van der Waals surface area contributed by atoms with Gasteiger partial charge in [0.25, 0.3) is 0 Å². The molecule has 0 amide bonds. The molecular formula is C19H30N2. The Labute approximate surface area is 129 Å². The first-order valence-electron chi connectivity index (χ1n) is 8.88. The SMILES string of the molecule is CCCNC1CCN(C2CCC(C)CC2)c2ccccc21. The molecule has 1 heterocycles. The molecule has 1 aromatic rings. The zero-order chi connectivity index (χ0) is 14.7. The predicted molar refractivity (Wildman–Crippen MR) is 90.9 cm³/mol. The first-order valence-corrected chi connectivity index (χ1v) is 8.88. The van der Waals surface area contributed by atoms with E-state index in [4.69, 9.17) is 0 Å². The van der Waals surface area contributed by atoms with Crippen LogP contribution >= 0.6 is 0 Å². The minimum Gasteiger partial charge on any atom is -0.368 e. The minimum absolute atomic E-state index is 0.555. The number of hydrogen-bond acceptors (Lipinski definition) is 2. The first kappa shape index (κ1) is 14.9. The first-order chi connectivity index (χ1) is 10.3. The lowest BCUT2D eigenvalue weighted by Crippen LogP contribution is -2.43. The fourth-order valence-electron chi connectivity index (χ4n) is 4.05. The lowest BCUT2D eigenvalue weighted by atomic mass is 9.84. The summed E-state index contributed by atoms with van der Waals surface area (Å²) in [6.07, 6.45) is 8.03. The zero-order valence-corrected chi connectivity index (χ0v) is 13.6. The van der Waals surface area contributed by atoms with E-state index in [0.717, 1.165) is 18.5 Å². The summed E-state index contributed by atoms with van der Waals surface area (Å²) in [6.45, 7) is 7.00. The van der Waals surface area contributed by atoms with E-state index in [2.05, 4.69) is 48.3 Å². The molecular weight excluding hydrogens is 256 g/mol. The number of nitrogens with one attached hydrogen (secondary N) is 1. The van der Waals surface area contributed by atoms with Crippen molar-refractivity contribution in [1.82, 2.24) is 5.32 Å². The third kappa shape index (κ3) is 3.26. The second-order valence-corrected chi connectivity index (χ2v) is 6.96. The van der Waals surface area contributed by atoms with E-state index in [1.54, 1.807) is 0 Å². The molecule has 1 saturated carbocycles. The number of hydrogen-bond donors (Lipinski definition) is 1. The van der Waals surface area contributed by atoms with E-state index in [9.17, 15) is 0 Å². The molecule has 2 heteroatoms. The van der Waals surface area contributed by atoms with Gasteiger partial charge >= 0.3 is 0 Å². The van der Waals surface area contributed by atoms with Crippen LogP contribution in [0, 0.1) is 5.92 Å². The summed E-state index contributed by atoms with van der Waals surface area (Å²) in [5, 5.41) is 3.73. The minimum atomic E-state index is 0.555. The Kier molecular flexibility index (Phi) is 4.84. The molecule has 2 aliphatic rings. The molecule has 0 saturated heterocycles. The maximum Gasteiger partial charge on any atom is 0.0417 e. The van der Waals surface area contributed by atoms with Gasteiger partial charge in [-0.1, -0.05) is 32.0 Å². The highest BCUT2D eigenvalue weighted by Gasteiger charge is 2.30. The third-order valence-corrected chi connectivity index (χ3v) is 5.35. The summed E-state index contributed by atoms with van der Waals surface area (Å²) in [5.74, 6) is 0.931. The quantitative estimate of drug-likeness (QED) is 0.875. The predicted octanol–water partition coefficient (Wildman–Crippen LogP) is 4.52. The highest BCUT2D eigenvalue weighted by molar-refractivity contribution is 5.57. The van der Waals surface area contributed by atoms with E-state index in [0.29, 0.717) is 6.04 Å². The molecule has 3 rings (SSSR count). The Bertz CT molecular complexity index is 449. The van der Waals surface area contributed by atoms with E-state index >= 15 is 0 Å². The fraction of sp³-hybridized carbons (Fsp3) is 0.684. The van der Waals surface area contributed by atoms with E-state index < -0.39 is 0 Å². The van der Waals surface area contributed by atoms with Crippen LogP contribution in [0.1, 0.15) is 64.0 Å². The Morgan fingerprint density at radius 2 is 1.86 bits per heavy atom. The van der Waals surface area contributed by atoms with Gasteiger partial charge in [-0.05, 0) is 62.6 Å². The van der Waals surface area contributed by atoms with Crippen LogP contribution in [0.3, 0.4) is 0 Å². The van der Waals surface area contributed by atoms with Crippen LogP contribution in [0.25, 0.3) is 0 Å². The lowest BCUT2D eigenvalue weighted by Gasteiger charge is -2.43. The van der Waals surface area contributed by atoms with Gasteiger partial charge in [-0.15, -0.1) is 0 Å². The largest absolute Gasteiger partial charge is 0.368 e. The molecule has 1 aliphatic heterocycles. The molecule has 1 fully saturated rings. The molecule has 0 bridgehead atoms. The Morgan fingerprint density at radius 3 is 2.62 bits per heavy atom. The summed E-state index contributed by atoms with van der Waals surface area (Å²) in [6, 6.07) is 10.4. The highest BCUT2D eigenvalue weighted by atomic mass is 15.2. The summed E-state index contributed by atoms with van der Waals surface area (Å²) >= 11 is 0. The normalized spacial score (nSPS) is 29.2. The van der Waals surface area contributed by atoms with Crippen molar-refractivity contribution < 1.29 is 0 Å². The standard InChI is InChI=1S/C19H30N2/c1-3-13-20-18-12-14-21(16-10-8-15(2)9-11-16)19-7-5-4-6-17(18)19/h4-7,15-16,18,20H,3,8-14H2,1-2H3. The second-order valence-electron chi connectivity index (χ2n) is 6.96. The van der Waals surface area contributed by atoms with Gasteiger partial charge in [-0.2, -0.15) is 0 Å². The third-order valence-electron chi connectivity index (χ3n) is 5.35. The van der Waals surface area contributed by atoms with Crippen molar-refractivity contribution in [3.63, 3.8) is 0 Å². The molecule has 1 aromatic carbocycles. The monoisotopic (exact) mass is 286 g/mol. The molecule has 1 N–H and O–H groups in total. The van der Waals surface area contributed by atoms with Gasteiger partial charge in [0.15, 0.2) is 0 Å². The van der Waals surface area contributed by atoms with Gasteiger partial charge in [-0.25, -0.2) is 0 Å². The van der Waals surface area contributed by atoms with Crippen molar-refractivity contribution in [2.75, 3.05) is 18.0 Å². The maximum atomic E-state index is 3.73. The fourth-order valence-corrected chi connectivity index (χ4v) is 4.05. The van der Waals surface area contributed by atoms with Gasteiger partial charge in [0.05, 0.1) is 0 Å². The lowest BCUT2D eigenvalue weighted by molar-refractivity contribution is 0.324. The molecule has 0 aromatic heterocycles. The molecule has 1 aliphatic carbocycles. The second kappa shape index (κ2) is 6.83. The van der Waals surface area contributed by atoms with Crippen LogP contribution in [0.15, 0.2) is 24.3 Å². The molecule has 1 atom stereocenters. The Morgan fingerprint density at radius 1 is 1.10 bits per heavy atom. The Hall–Kier alpha value is -1.02. The highest BCUT2D eigenvalue weighted by Crippen LogP contribution is 2.38. The smallest absolute Gasteiger partial charge is 0.0417 e. The number of anilines is 1. The van der Waals surface area contributed by atoms with Crippen LogP contribution in [0.2, 0.25) is 0 Å².